The molecule has 1 aromatic carbocycles. The van der Waals surface area contributed by atoms with E-state index in [1.165, 1.54) is 11.1 Å². The first kappa shape index (κ1) is 13.6. The lowest BCUT2D eigenvalue weighted by molar-refractivity contribution is -0.917. The summed E-state index contributed by atoms with van der Waals surface area (Å²) < 4.78 is 5.56. The van der Waals surface area contributed by atoms with Gasteiger partial charge in [-0.1, -0.05) is 0 Å². The maximum atomic E-state index is 5.56. The summed E-state index contributed by atoms with van der Waals surface area (Å²) in [4.78, 5) is 3.90. The normalized spacial score (nSPS) is 18.6. The summed E-state index contributed by atoms with van der Waals surface area (Å²) in [7, 11) is 1.90. The van der Waals surface area contributed by atoms with Crippen LogP contribution in [-0.4, -0.2) is 49.8 Å². The molecule has 0 aliphatic carbocycles. The van der Waals surface area contributed by atoms with E-state index in [2.05, 4.69) is 28.4 Å². The molecule has 0 saturated carbocycles. The molecule has 2 aliphatic heterocycles. The Balaban J connectivity index is 1.56. The summed E-state index contributed by atoms with van der Waals surface area (Å²) in [5.74, 6) is 1.08. The minimum atomic E-state index is 0.839. The molecule has 2 N–H and O–H groups in total. The van der Waals surface area contributed by atoms with Crippen molar-refractivity contribution in [1.82, 2.24) is 10.2 Å². The first-order valence-electron chi connectivity index (χ1n) is 7.31. The zero-order valence-electron chi connectivity index (χ0n) is 11.9. The van der Waals surface area contributed by atoms with E-state index in [-0.39, 0.29) is 0 Å². The van der Waals surface area contributed by atoms with E-state index in [9.17, 15) is 0 Å². The van der Waals surface area contributed by atoms with Crippen molar-refractivity contribution in [2.24, 2.45) is 0 Å². The van der Waals surface area contributed by atoms with Crippen LogP contribution in [0.15, 0.2) is 18.2 Å². The molecular formula is C15H22N3OS+. The van der Waals surface area contributed by atoms with Gasteiger partial charge in [0.05, 0.1) is 32.8 Å². The second-order valence-corrected chi connectivity index (χ2v) is 5.90. The number of thiocarbonyl (C=S) groups is 1. The minimum absolute atomic E-state index is 0.839. The van der Waals surface area contributed by atoms with Crippen LogP contribution in [0.2, 0.25) is 0 Å². The van der Waals surface area contributed by atoms with Gasteiger partial charge in [0.2, 0.25) is 0 Å². The van der Waals surface area contributed by atoms with Gasteiger partial charge in [0.1, 0.15) is 12.3 Å². The Labute approximate surface area is 125 Å². The summed E-state index contributed by atoms with van der Waals surface area (Å²) in [5, 5.41) is 3.94. The number of piperazine rings is 1. The zero-order chi connectivity index (χ0) is 13.9. The van der Waals surface area contributed by atoms with Gasteiger partial charge in [0, 0.05) is 19.0 Å². The molecule has 5 heteroatoms. The zero-order valence-corrected chi connectivity index (χ0v) is 12.8. The average Bonchev–Trinajstić information content (AvgIpc) is 2.95. The van der Waals surface area contributed by atoms with Crippen molar-refractivity contribution >= 4 is 17.3 Å². The molecule has 1 saturated heterocycles. The van der Waals surface area contributed by atoms with Gasteiger partial charge < -0.3 is 19.9 Å². The third-order valence-electron chi connectivity index (χ3n) is 4.18. The highest BCUT2D eigenvalue weighted by Crippen LogP contribution is 2.25. The molecule has 3 rings (SSSR count). The highest BCUT2D eigenvalue weighted by atomic mass is 32.1. The van der Waals surface area contributed by atoms with Crippen LogP contribution in [0.1, 0.15) is 11.1 Å². The van der Waals surface area contributed by atoms with Gasteiger partial charge in [-0.25, -0.2) is 0 Å². The van der Waals surface area contributed by atoms with Gasteiger partial charge in [-0.05, 0) is 36.0 Å². The molecule has 1 fully saturated rings. The molecular weight excluding hydrogens is 270 g/mol. The lowest BCUT2D eigenvalue weighted by Crippen LogP contribution is -3.13. The smallest absolute Gasteiger partial charge is 0.169 e. The van der Waals surface area contributed by atoms with Crippen LogP contribution in [0.25, 0.3) is 0 Å². The molecule has 0 amide bonds. The molecule has 4 nitrogen and oxygen atoms in total. The van der Waals surface area contributed by atoms with Crippen LogP contribution in [-0.2, 0) is 13.0 Å². The van der Waals surface area contributed by atoms with Gasteiger partial charge >= 0.3 is 0 Å². The van der Waals surface area contributed by atoms with E-state index in [4.69, 9.17) is 17.0 Å². The van der Waals surface area contributed by atoms with Crippen molar-refractivity contribution in [3.05, 3.63) is 29.3 Å². The first-order chi connectivity index (χ1) is 9.76. The summed E-state index contributed by atoms with van der Waals surface area (Å²) >= 11 is 5.29. The quantitative estimate of drug-likeness (QED) is 0.741. The average molecular weight is 292 g/mol. The molecule has 108 valence electrons. The Morgan fingerprint density at radius 1 is 1.40 bits per heavy atom. The second kappa shape index (κ2) is 5.97. The number of nitrogens with one attached hydrogen (secondary N) is 2. The molecule has 2 heterocycles. The van der Waals surface area contributed by atoms with E-state index in [0.29, 0.717) is 0 Å². The number of nitrogens with zero attached hydrogens (tertiary/aromatic N) is 1. The molecule has 1 aromatic rings. The van der Waals surface area contributed by atoms with Gasteiger partial charge in [-0.2, -0.15) is 0 Å². The van der Waals surface area contributed by atoms with E-state index < -0.39 is 0 Å². The molecule has 0 unspecified atom stereocenters. The van der Waals surface area contributed by atoms with Crippen LogP contribution < -0.4 is 15.0 Å². The summed E-state index contributed by atoms with van der Waals surface area (Å²) in [6.45, 7) is 6.33. The van der Waals surface area contributed by atoms with E-state index in [1.807, 2.05) is 7.05 Å². The van der Waals surface area contributed by atoms with Gasteiger partial charge in [-0.15, -0.1) is 0 Å². The Morgan fingerprint density at radius 2 is 2.20 bits per heavy atom. The Hall–Kier alpha value is -1.33. The van der Waals surface area contributed by atoms with Gasteiger partial charge in [0.25, 0.3) is 0 Å². The van der Waals surface area contributed by atoms with Crippen molar-refractivity contribution in [2.45, 2.75) is 13.0 Å². The number of hydrogen-bond acceptors (Lipinski definition) is 2. The van der Waals surface area contributed by atoms with E-state index >= 15 is 0 Å². The third-order valence-corrected chi connectivity index (χ3v) is 4.64. The lowest BCUT2D eigenvalue weighted by Gasteiger charge is -2.33. The van der Waals surface area contributed by atoms with Crippen molar-refractivity contribution in [2.75, 3.05) is 39.8 Å². The Morgan fingerprint density at radius 3 is 2.95 bits per heavy atom. The predicted octanol–water partition coefficient (Wildman–Crippen LogP) is -0.174. The number of fused-ring (bicyclic) bond motifs is 1. The summed E-state index contributed by atoms with van der Waals surface area (Å²) in [6.07, 6.45) is 1.06. The molecule has 20 heavy (non-hydrogen) atoms. The number of benzene rings is 1. The first-order valence-corrected chi connectivity index (χ1v) is 7.72. The van der Waals surface area contributed by atoms with Crippen molar-refractivity contribution in [1.29, 1.82) is 0 Å². The summed E-state index contributed by atoms with van der Waals surface area (Å²) in [5.41, 5.74) is 2.80. The third kappa shape index (κ3) is 2.88. The molecule has 0 bridgehead atoms. The number of quaternary nitrogens is 1. The predicted molar refractivity (Wildman–Crippen MR) is 83.3 cm³/mol. The van der Waals surface area contributed by atoms with Crippen molar-refractivity contribution < 1.29 is 9.64 Å². The molecule has 0 aromatic heterocycles. The Kier molecular flexibility index (Phi) is 4.08. The van der Waals surface area contributed by atoms with Crippen molar-refractivity contribution in [3.8, 4) is 5.75 Å². The number of ether oxygens (including phenoxy) is 1. The summed E-state index contributed by atoms with van der Waals surface area (Å²) in [6, 6.07) is 6.66. The maximum Gasteiger partial charge on any atom is 0.169 e. The molecule has 0 atom stereocenters. The lowest BCUT2D eigenvalue weighted by atomic mass is 10.1. The van der Waals surface area contributed by atoms with Crippen molar-refractivity contribution in [3.63, 3.8) is 0 Å². The van der Waals surface area contributed by atoms with Gasteiger partial charge in [0.15, 0.2) is 5.11 Å². The SMILES string of the molecule is CNC(=S)N1CC[NH+](Cc2ccc3c(c2)CCO3)CC1. The standard InChI is InChI=1S/C15H21N3OS/c1-16-15(20)18-7-5-17(6-8-18)11-12-2-3-14-13(10-12)4-9-19-14/h2-3,10H,4-9,11H2,1H3,(H,16,20)/p+1. The van der Waals surface area contributed by atoms with E-state index in [0.717, 1.165) is 56.6 Å². The largest absolute Gasteiger partial charge is 0.493 e. The second-order valence-electron chi connectivity index (χ2n) is 5.51. The fourth-order valence-corrected chi connectivity index (χ4v) is 3.18. The van der Waals surface area contributed by atoms with E-state index in [1.54, 1.807) is 4.90 Å². The van der Waals surface area contributed by atoms with Crippen LogP contribution in [0.5, 0.6) is 5.75 Å². The molecule has 0 radical (unpaired) electrons. The number of hydrogen-bond donors (Lipinski definition) is 2. The van der Waals surface area contributed by atoms with Gasteiger partial charge in [-0.3, -0.25) is 0 Å². The van der Waals surface area contributed by atoms with Crippen LogP contribution in [0.3, 0.4) is 0 Å². The highest BCUT2D eigenvalue weighted by molar-refractivity contribution is 7.80. The maximum absolute atomic E-state index is 5.56. The molecule has 0 spiro atoms. The fraction of sp³-hybridized carbons (Fsp3) is 0.533. The minimum Gasteiger partial charge on any atom is -0.493 e. The highest BCUT2D eigenvalue weighted by Gasteiger charge is 2.22. The van der Waals surface area contributed by atoms with Crippen LogP contribution in [0, 0.1) is 0 Å². The van der Waals surface area contributed by atoms with Crippen LogP contribution >= 0.6 is 12.2 Å². The number of rotatable bonds is 2. The Bertz CT molecular complexity index is 498. The monoisotopic (exact) mass is 292 g/mol. The fourth-order valence-electron chi connectivity index (χ4n) is 3.00. The van der Waals surface area contributed by atoms with Crippen LogP contribution in [0.4, 0.5) is 0 Å². The molecule has 2 aliphatic rings. The topological polar surface area (TPSA) is 28.9 Å².